The number of rotatable bonds is 5. The number of carbonyl (C=O) groups excluding carboxylic acids is 1. The number of methoxy groups -OCH3 is 2. The number of hydrogen-bond donors (Lipinski definition) is 1. The van der Waals surface area contributed by atoms with Gasteiger partial charge in [-0.2, -0.15) is 0 Å². The summed E-state index contributed by atoms with van der Waals surface area (Å²) in [6.07, 6.45) is 2.04. The molecule has 1 fully saturated rings. The van der Waals surface area contributed by atoms with Crippen molar-refractivity contribution in [2.24, 2.45) is 0 Å². The summed E-state index contributed by atoms with van der Waals surface area (Å²) in [4.78, 5) is 16.8. The highest BCUT2D eigenvalue weighted by Crippen LogP contribution is 2.35. The topological polar surface area (TPSA) is 54.0 Å². The Labute approximate surface area is 151 Å². The van der Waals surface area contributed by atoms with Gasteiger partial charge in [0.1, 0.15) is 0 Å². The molecule has 1 atom stereocenters. The number of benzene rings is 1. The molecule has 1 heterocycles. The molecule has 0 aliphatic carbocycles. The molecule has 1 N–H and O–H groups in total. The van der Waals surface area contributed by atoms with Gasteiger partial charge in [0.05, 0.1) is 20.3 Å². The van der Waals surface area contributed by atoms with Crippen LogP contribution in [0.2, 0.25) is 0 Å². The second kappa shape index (κ2) is 8.43. The van der Waals surface area contributed by atoms with Crippen molar-refractivity contribution in [2.45, 2.75) is 38.8 Å². The Hall–Kier alpha value is -1.95. The Morgan fingerprint density at radius 3 is 2.48 bits per heavy atom. The molecule has 1 aromatic rings. The molecule has 25 heavy (non-hydrogen) atoms. The number of amides is 2. The van der Waals surface area contributed by atoms with Gasteiger partial charge in [-0.25, -0.2) is 4.79 Å². The van der Waals surface area contributed by atoms with Crippen molar-refractivity contribution < 1.29 is 14.3 Å². The smallest absolute Gasteiger partial charge is 0.317 e. The van der Waals surface area contributed by atoms with Crippen molar-refractivity contribution in [2.75, 3.05) is 41.4 Å². The Morgan fingerprint density at radius 1 is 1.28 bits per heavy atom. The molecule has 1 aromatic carbocycles. The lowest BCUT2D eigenvalue weighted by molar-refractivity contribution is 0.146. The normalized spacial score (nSPS) is 17.0. The average Bonchev–Trinajstić information content (AvgIpc) is 2.61. The van der Waals surface area contributed by atoms with E-state index in [4.69, 9.17) is 9.47 Å². The maximum absolute atomic E-state index is 12.6. The number of nitrogens with one attached hydrogen (secondary N) is 1. The second-order valence-corrected chi connectivity index (χ2v) is 6.83. The van der Waals surface area contributed by atoms with E-state index in [1.54, 1.807) is 14.2 Å². The van der Waals surface area contributed by atoms with Gasteiger partial charge in [-0.15, -0.1) is 0 Å². The maximum Gasteiger partial charge on any atom is 0.317 e. The summed E-state index contributed by atoms with van der Waals surface area (Å²) >= 11 is 0. The van der Waals surface area contributed by atoms with Crippen LogP contribution in [-0.4, -0.2) is 63.3 Å². The zero-order valence-electron chi connectivity index (χ0n) is 16.3. The number of carbonyl (C=O) groups is 1. The number of piperidine rings is 1. The van der Waals surface area contributed by atoms with E-state index >= 15 is 0 Å². The SMILES string of the molecule is COc1ccc(C(C)NC(=O)N(C)C2CCN(C)CC2)c(C)c1OC. The summed E-state index contributed by atoms with van der Waals surface area (Å²) in [6, 6.07) is 4.02. The van der Waals surface area contributed by atoms with Crippen LogP contribution in [-0.2, 0) is 0 Å². The van der Waals surface area contributed by atoms with Crippen molar-refractivity contribution in [3.05, 3.63) is 23.3 Å². The summed E-state index contributed by atoms with van der Waals surface area (Å²) in [5.74, 6) is 1.41. The third kappa shape index (κ3) is 4.37. The largest absolute Gasteiger partial charge is 0.493 e. The molecule has 0 bridgehead atoms. The molecular formula is C19H31N3O3. The Kier molecular flexibility index (Phi) is 6.53. The first kappa shape index (κ1) is 19.4. The van der Waals surface area contributed by atoms with Gasteiger partial charge in [-0.1, -0.05) is 6.07 Å². The fraction of sp³-hybridized carbons (Fsp3) is 0.632. The number of likely N-dealkylation sites (tertiary alicyclic amines) is 1. The fourth-order valence-electron chi connectivity index (χ4n) is 3.48. The lowest BCUT2D eigenvalue weighted by Crippen LogP contribution is -2.48. The third-order valence-electron chi connectivity index (χ3n) is 5.20. The van der Waals surface area contributed by atoms with Gasteiger partial charge in [-0.05, 0) is 58.5 Å². The molecule has 2 rings (SSSR count). The highest BCUT2D eigenvalue weighted by Gasteiger charge is 2.25. The van der Waals surface area contributed by atoms with Crippen LogP contribution in [0.15, 0.2) is 12.1 Å². The summed E-state index contributed by atoms with van der Waals surface area (Å²) < 4.78 is 10.8. The van der Waals surface area contributed by atoms with Gasteiger partial charge in [-0.3, -0.25) is 0 Å². The van der Waals surface area contributed by atoms with E-state index in [-0.39, 0.29) is 12.1 Å². The van der Waals surface area contributed by atoms with Gasteiger partial charge in [0.25, 0.3) is 0 Å². The zero-order valence-corrected chi connectivity index (χ0v) is 16.3. The second-order valence-electron chi connectivity index (χ2n) is 6.83. The van der Waals surface area contributed by atoms with Crippen LogP contribution in [0.4, 0.5) is 4.79 Å². The first-order chi connectivity index (χ1) is 11.9. The van der Waals surface area contributed by atoms with Crippen LogP contribution < -0.4 is 14.8 Å². The summed E-state index contributed by atoms with van der Waals surface area (Å²) in [7, 11) is 7.27. The van der Waals surface area contributed by atoms with E-state index in [9.17, 15) is 4.79 Å². The van der Waals surface area contributed by atoms with Crippen LogP contribution in [0.3, 0.4) is 0 Å². The van der Waals surface area contributed by atoms with Gasteiger partial charge in [0.2, 0.25) is 0 Å². The van der Waals surface area contributed by atoms with Gasteiger partial charge < -0.3 is 24.6 Å². The molecule has 0 spiro atoms. The van der Waals surface area contributed by atoms with Crippen molar-refractivity contribution in [3.63, 3.8) is 0 Å². The van der Waals surface area contributed by atoms with Crippen molar-refractivity contribution in [1.82, 2.24) is 15.1 Å². The minimum atomic E-state index is -0.110. The van der Waals surface area contributed by atoms with E-state index < -0.39 is 0 Å². The Balaban J connectivity index is 2.06. The molecular weight excluding hydrogens is 318 g/mol. The molecule has 1 aliphatic heterocycles. The Morgan fingerprint density at radius 2 is 1.92 bits per heavy atom. The molecule has 0 aromatic heterocycles. The molecule has 6 nitrogen and oxygen atoms in total. The molecule has 2 amide bonds. The molecule has 0 radical (unpaired) electrons. The van der Waals surface area contributed by atoms with Crippen molar-refractivity contribution in [3.8, 4) is 11.5 Å². The van der Waals surface area contributed by atoms with E-state index in [1.165, 1.54) is 0 Å². The minimum Gasteiger partial charge on any atom is -0.493 e. The first-order valence-electron chi connectivity index (χ1n) is 8.82. The van der Waals surface area contributed by atoms with Crippen molar-refractivity contribution >= 4 is 6.03 Å². The number of nitrogens with zero attached hydrogens (tertiary/aromatic N) is 2. The standard InChI is InChI=1S/C19H31N3O3/c1-13-16(7-8-17(24-5)18(13)25-6)14(2)20-19(23)22(4)15-9-11-21(3)12-10-15/h7-8,14-15H,9-12H2,1-6H3,(H,20,23). The van der Waals surface area contributed by atoms with Crippen LogP contribution in [0.1, 0.15) is 36.9 Å². The van der Waals surface area contributed by atoms with Crippen LogP contribution >= 0.6 is 0 Å². The van der Waals surface area contributed by atoms with Crippen molar-refractivity contribution in [1.29, 1.82) is 0 Å². The minimum absolute atomic E-state index is 0.0313. The maximum atomic E-state index is 12.6. The van der Waals surface area contributed by atoms with Gasteiger partial charge >= 0.3 is 6.03 Å². The number of urea groups is 1. The van der Waals surface area contributed by atoms with Gasteiger partial charge in [0.15, 0.2) is 11.5 Å². The molecule has 1 unspecified atom stereocenters. The van der Waals surface area contributed by atoms with E-state index in [0.29, 0.717) is 17.5 Å². The zero-order chi connectivity index (χ0) is 18.6. The predicted molar refractivity (Wildman–Crippen MR) is 99.5 cm³/mol. The third-order valence-corrected chi connectivity index (χ3v) is 5.20. The van der Waals surface area contributed by atoms with Crippen LogP contribution in [0.5, 0.6) is 11.5 Å². The molecule has 140 valence electrons. The summed E-state index contributed by atoms with van der Waals surface area (Å²) in [6.45, 7) is 6.05. The van der Waals surface area contributed by atoms with E-state index in [1.807, 2.05) is 37.9 Å². The lowest BCUT2D eigenvalue weighted by Gasteiger charge is -2.35. The van der Waals surface area contributed by atoms with E-state index in [2.05, 4.69) is 17.3 Å². The van der Waals surface area contributed by atoms with Crippen LogP contribution in [0.25, 0.3) is 0 Å². The molecule has 1 saturated heterocycles. The highest BCUT2D eigenvalue weighted by molar-refractivity contribution is 5.75. The monoisotopic (exact) mass is 349 g/mol. The highest BCUT2D eigenvalue weighted by atomic mass is 16.5. The quantitative estimate of drug-likeness (QED) is 0.888. The Bertz CT molecular complexity index is 598. The molecule has 0 saturated carbocycles. The lowest BCUT2D eigenvalue weighted by atomic mass is 10.0. The number of hydrogen-bond acceptors (Lipinski definition) is 4. The average molecular weight is 349 g/mol. The molecule has 1 aliphatic rings. The molecule has 6 heteroatoms. The summed E-state index contributed by atoms with van der Waals surface area (Å²) in [5.41, 5.74) is 2.01. The first-order valence-corrected chi connectivity index (χ1v) is 8.82. The van der Waals surface area contributed by atoms with Gasteiger partial charge in [0, 0.05) is 18.7 Å². The predicted octanol–water partition coefficient (Wildman–Crippen LogP) is 2.81. The van der Waals surface area contributed by atoms with Crippen LogP contribution in [0, 0.1) is 6.92 Å². The fourth-order valence-corrected chi connectivity index (χ4v) is 3.48. The summed E-state index contributed by atoms with van der Waals surface area (Å²) in [5, 5.41) is 3.11. The van der Waals surface area contributed by atoms with E-state index in [0.717, 1.165) is 37.1 Å². The number of ether oxygens (including phenoxy) is 2.